The molecule has 0 atom stereocenters. The van der Waals surface area contributed by atoms with Crippen molar-refractivity contribution in [1.29, 1.82) is 0 Å². The zero-order valence-electron chi connectivity index (χ0n) is 98.9. The normalized spacial score (nSPS) is 14.9. The number of hydrogen-bond donors (Lipinski definition) is 0. The van der Waals surface area contributed by atoms with Crippen LogP contribution >= 0.6 is 0 Å². The van der Waals surface area contributed by atoms with Crippen molar-refractivity contribution in [3.8, 4) is 112 Å². The molecule has 0 saturated heterocycles. The Bertz CT molecular complexity index is 6900. The van der Waals surface area contributed by atoms with Gasteiger partial charge in [-0.25, -0.2) is 22.8 Å². The van der Waals surface area contributed by atoms with Gasteiger partial charge in [0.2, 0.25) is 28.5 Å². The summed E-state index contributed by atoms with van der Waals surface area (Å²) in [5.74, 6) is -0.685. The first-order valence-electron chi connectivity index (χ1n) is 53.6. The van der Waals surface area contributed by atoms with E-state index in [-0.39, 0.29) is 33.4 Å². The Morgan fingerprint density at radius 3 is 0.787 bits per heavy atom. The molecule has 15 aromatic rings. The number of rotatable bonds is 16. The van der Waals surface area contributed by atoms with Gasteiger partial charge in [0.25, 0.3) is 0 Å². The number of benzene rings is 10. The average molecular weight is 1630 g/mol. The summed E-state index contributed by atoms with van der Waals surface area (Å²) in [6.45, 7) is 18.3. The summed E-state index contributed by atoms with van der Waals surface area (Å²) in [5, 5.41) is 0. The molecule has 5 aromatic heterocycles. The molecule has 0 bridgehead atoms. The van der Waals surface area contributed by atoms with Crippen molar-refractivity contribution in [2.45, 2.75) is 183 Å². The van der Waals surface area contributed by atoms with E-state index in [1.807, 2.05) is 230 Å². The van der Waals surface area contributed by atoms with Crippen LogP contribution in [-0.4, -0.2) is 0 Å². The molecule has 0 saturated carbocycles. The first-order chi connectivity index (χ1) is 67.5. The molecule has 15 rings (SSSR count). The van der Waals surface area contributed by atoms with Gasteiger partial charge >= 0.3 is 0 Å². The summed E-state index contributed by atoms with van der Waals surface area (Å²) < 4.78 is 203. The molecule has 0 spiro atoms. The molecular formula is C117H134N5+5. The molecular weight excluding hydrogens is 1480 g/mol. The lowest BCUT2D eigenvalue weighted by molar-refractivity contribution is -0.661. The van der Waals surface area contributed by atoms with Gasteiger partial charge in [-0.1, -0.05) is 230 Å². The van der Waals surface area contributed by atoms with E-state index >= 15 is 0 Å². The van der Waals surface area contributed by atoms with Crippen molar-refractivity contribution in [2.75, 3.05) is 0 Å². The molecule has 5 heteroatoms. The Kier molecular flexibility index (Phi) is 21.2. The van der Waals surface area contributed by atoms with Gasteiger partial charge in [0.1, 0.15) is 35.2 Å². The van der Waals surface area contributed by atoms with Gasteiger partial charge in [-0.05, 0) is 304 Å². The topological polar surface area (TPSA) is 19.4 Å². The zero-order chi connectivity index (χ0) is 109. The molecule has 0 aliphatic carbocycles. The van der Waals surface area contributed by atoms with E-state index in [1.165, 1.54) is 71.6 Å². The van der Waals surface area contributed by atoms with E-state index in [2.05, 4.69) is 100 Å². The van der Waals surface area contributed by atoms with Gasteiger partial charge in [0.05, 0.1) is 0 Å². The van der Waals surface area contributed by atoms with Crippen molar-refractivity contribution >= 4 is 0 Å². The maximum Gasteiger partial charge on any atom is 0.212 e. The minimum absolute atomic E-state index is 0.0451. The molecule has 5 nitrogen and oxygen atoms in total. The molecule has 0 amide bonds. The van der Waals surface area contributed by atoms with Crippen LogP contribution in [0.3, 0.4) is 0 Å². The smallest absolute Gasteiger partial charge is 0.201 e. The van der Waals surface area contributed by atoms with E-state index in [0.717, 1.165) is 95.7 Å². The standard InChI is InChI=1S/2C24H28N.3C23H26N/c1-16(2)23-15-25(6)24(13-19(23)5)22-14-21(17(3)12-18(22)4)20-10-8-7-9-11-20;1-6-19-14-24(25(5)16-20(19)7-2)23-15-22(17(3)13-18(23)4)21-11-9-8-10-12-21;2*1-6-19-15-24(5)23(13-16(19)2)22-14-21(17(3)12-18(22)4)20-10-8-7-9-11-20;1-6-19-13-23(24(5)15-18(19)4)22-14-21(16(2)12-17(22)3)20-10-8-7-9-11-20/h7-16H,1-6H3;8-16H,6-7H2,1-5H3;3*7-15H,6H2,1-5H3/q5*+1/i3D3,16D;3D3,6D2,7D2;3D3,6D2;;2D3,4D3,6D2. The van der Waals surface area contributed by atoms with Crippen molar-refractivity contribution in [3.63, 3.8) is 0 Å². The van der Waals surface area contributed by atoms with E-state index in [1.54, 1.807) is 85.7 Å². The fraction of sp³-hybridized carbons (Fsp3) is 0.274. The fourth-order valence-corrected chi connectivity index (χ4v) is 16.1. The highest BCUT2D eigenvalue weighted by Crippen LogP contribution is 2.39. The Balaban J connectivity index is 0.000000174. The Morgan fingerprint density at radius 2 is 0.484 bits per heavy atom. The monoisotopic (exact) mass is 1630 g/mol. The molecule has 622 valence electrons. The fourth-order valence-electron chi connectivity index (χ4n) is 16.1. The molecule has 0 fully saturated rings. The lowest BCUT2D eigenvalue weighted by Gasteiger charge is -2.14. The van der Waals surface area contributed by atoms with Crippen molar-refractivity contribution < 1.29 is 55.7 Å². The van der Waals surface area contributed by atoms with Crippen LogP contribution in [0.4, 0.5) is 0 Å². The van der Waals surface area contributed by atoms with Crippen LogP contribution in [0.25, 0.3) is 112 Å². The molecule has 0 radical (unpaired) electrons. The number of pyridine rings is 5. The Labute approximate surface area is 767 Å². The Hall–Kier alpha value is -12.1. The number of nitrogens with zero attached hydrogens (tertiary/aromatic N) is 5. The van der Waals surface area contributed by atoms with E-state index in [0.29, 0.717) is 55.9 Å². The summed E-state index contributed by atoms with van der Waals surface area (Å²) in [7, 11) is 9.51. The van der Waals surface area contributed by atoms with Crippen LogP contribution in [0.15, 0.2) is 274 Å². The third-order valence-electron chi connectivity index (χ3n) is 22.9. The predicted molar refractivity (Wildman–Crippen MR) is 520 cm³/mol. The summed E-state index contributed by atoms with van der Waals surface area (Å²) in [6.07, 6.45) is 3.47. The second-order valence-corrected chi connectivity index (χ2v) is 31.9. The SMILES string of the molecule is CCc1c[n+](C)c(-c2cc(-c3ccccc3)c(C)cc2C)cc1C.[2H]C([2H])([2H])c1cc(C)c(-c2cc(C([2H])([2H])C)c(C([2H])([2H])C)c[n+]2C)cc1-c1ccccc1.[2H]C([2H])([2H])c1cc(C)c(-c2cc(C([2H])([2H])C)c(C([2H])([2H])[2H])c[n+]2C)cc1-c1ccccc1.[2H]C([2H])([2H])c1cc(C)c(-c2cc(C)c(C([2H])(C)C)c[n+]2C)cc1-c1ccccc1.[2H]C([2H])([2H])c1cc(C)c(-c2cc(C)c(C([2H])([2H])C)c[n+]2C)cc1-c1ccccc1. The molecule has 122 heavy (non-hydrogen) atoms. The molecule has 0 aliphatic heterocycles. The van der Waals surface area contributed by atoms with Crippen LogP contribution in [-0.2, 0) is 67.2 Å². The highest BCUT2D eigenvalue weighted by molar-refractivity contribution is 5.81. The summed E-state index contributed by atoms with van der Waals surface area (Å²) in [5.41, 5.74) is 31.7. The van der Waals surface area contributed by atoms with Gasteiger partial charge in [0, 0.05) is 119 Å². The maximum atomic E-state index is 8.40. The van der Waals surface area contributed by atoms with Crippen LogP contribution in [0.1, 0.15) is 199 Å². The highest BCUT2D eigenvalue weighted by atomic mass is 14.9. The van der Waals surface area contributed by atoms with Crippen molar-refractivity contribution in [1.82, 2.24) is 0 Å². The second kappa shape index (κ2) is 41.0. The number of aryl methyl sites for hydroxylation is 24. The van der Waals surface area contributed by atoms with Gasteiger partial charge in [0.15, 0.2) is 31.0 Å². The highest BCUT2D eigenvalue weighted by Gasteiger charge is 2.25. The molecule has 5 heterocycles. The van der Waals surface area contributed by atoms with Crippen LogP contribution in [0.2, 0.25) is 0 Å². The van der Waals surface area contributed by atoms with Crippen molar-refractivity contribution in [3.05, 3.63) is 385 Å². The van der Waals surface area contributed by atoms with Gasteiger partial charge in [-0.2, -0.15) is 0 Å². The van der Waals surface area contributed by atoms with E-state index in [9.17, 15) is 0 Å². The van der Waals surface area contributed by atoms with Crippen molar-refractivity contribution in [2.24, 2.45) is 35.2 Å². The largest absolute Gasteiger partial charge is 0.212 e. The minimum atomic E-state index is -2.47. The third-order valence-corrected chi connectivity index (χ3v) is 22.9. The average Bonchev–Trinajstić information content (AvgIpc) is 0.758. The summed E-state index contributed by atoms with van der Waals surface area (Å²) in [6, 6.07) is 77.2. The van der Waals surface area contributed by atoms with Crippen LogP contribution in [0, 0.1) is 96.6 Å². The van der Waals surface area contributed by atoms with Gasteiger partial charge in [-0.15, -0.1) is 0 Å². The first-order valence-corrected chi connectivity index (χ1v) is 41.6. The molecule has 10 aromatic carbocycles. The lowest BCUT2D eigenvalue weighted by Crippen LogP contribution is -2.32. The minimum Gasteiger partial charge on any atom is -0.201 e. The first kappa shape index (κ1) is 63.0. The maximum absolute atomic E-state index is 8.40. The quantitative estimate of drug-likeness (QED) is 0.0859. The number of aromatic nitrogens is 5. The lowest BCUT2D eigenvalue weighted by atomic mass is 9.92. The van der Waals surface area contributed by atoms with Crippen LogP contribution < -0.4 is 22.8 Å². The van der Waals surface area contributed by atoms with Gasteiger partial charge in [-0.3, -0.25) is 0 Å². The second-order valence-electron chi connectivity index (χ2n) is 31.9. The molecule has 0 N–H and O–H groups in total. The van der Waals surface area contributed by atoms with Crippen LogP contribution in [0.5, 0.6) is 0 Å². The third kappa shape index (κ3) is 21.1. The predicted octanol–water partition coefficient (Wildman–Crippen LogP) is 27.5. The van der Waals surface area contributed by atoms with Gasteiger partial charge < -0.3 is 0 Å². The Morgan fingerprint density at radius 1 is 0.238 bits per heavy atom. The zero-order valence-corrected chi connectivity index (χ0v) is 74.9. The van der Waals surface area contributed by atoms with E-state index in [4.69, 9.17) is 32.9 Å². The summed E-state index contributed by atoms with van der Waals surface area (Å²) in [4.78, 5) is 0. The molecule has 0 aliphatic rings. The number of hydrogen-bond acceptors (Lipinski definition) is 0. The van der Waals surface area contributed by atoms with E-state index < -0.39 is 65.6 Å². The molecule has 0 unspecified atom stereocenters. The summed E-state index contributed by atoms with van der Waals surface area (Å²) >= 11 is 0.